The summed E-state index contributed by atoms with van der Waals surface area (Å²) in [7, 11) is -7.94. The van der Waals surface area contributed by atoms with Gasteiger partial charge in [-0.25, -0.2) is 9.59 Å². The van der Waals surface area contributed by atoms with Crippen molar-refractivity contribution in [2.75, 3.05) is 12.4 Å². The molecular formula is C17H25NO15S2. The number of hydrogen-bond donors (Lipinski definition) is 8. The van der Waals surface area contributed by atoms with E-state index in [9.17, 15) is 36.0 Å². The molecule has 0 unspecified atom stereocenters. The molecule has 0 amide bonds. The minimum atomic E-state index is -4.02. The van der Waals surface area contributed by atoms with E-state index in [1.807, 2.05) is 6.92 Å². The van der Waals surface area contributed by atoms with Gasteiger partial charge >= 0.3 is 23.9 Å². The van der Waals surface area contributed by atoms with Crippen LogP contribution in [0.4, 0.5) is 0 Å². The molecule has 1 aromatic carbocycles. The van der Waals surface area contributed by atoms with Gasteiger partial charge in [0, 0.05) is 12.2 Å². The van der Waals surface area contributed by atoms with Crippen LogP contribution in [0, 0.1) is 6.92 Å². The fourth-order valence-electron chi connectivity index (χ4n) is 1.24. The molecule has 0 heterocycles. The molecule has 0 spiro atoms. The summed E-state index contributed by atoms with van der Waals surface area (Å²) in [6.07, 6.45) is 0.583. The molecule has 0 bridgehead atoms. The summed E-state index contributed by atoms with van der Waals surface area (Å²) in [5.41, 5.74) is 5.79. The van der Waals surface area contributed by atoms with Crippen LogP contribution in [-0.2, 0) is 39.4 Å². The molecule has 0 aromatic heterocycles. The van der Waals surface area contributed by atoms with Gasteiger partial charge in [-0.15, -0.1) is 0 Å². The number of aliphatic hydroxyl groups excluding tert-OH is 1. The molecule has 1 aromatic rings. The lowest BCUT2D eigenvalue weighted by Crippen LogP contribution is -2.32. The highest BCUT2D eigenvalue weighted by Gasteiger charge is 2.14. The Hall–Kier alpha value is -3.42. The van der Waals surface area contributed by atoms with Crippen LogP contribution in [0.2, 0.25) is 0 Å². The van der Waals surface area contributed by atoms with E-state index in [1.54, 1.807) is 12.1 Å². The highest BCUT2D eigenvalue weighted by atomic mass is 32.2. The van der Waals surface area contributed by atoms with E-state index in [0.717, 1.165) is 5.56 Å². The number of carboxylic acids is 4. The van der Waals surface area contributed by atoms with Crippen molar-refractivity contribution in [3.05, 3.63) is 42.0 Å². The number of aliphatic carboxylic acids is 4. The first-order valence-electron chi connectivity index (χ1n) is 8.67. The van der Waals surface area contributed by atoms with Crippen molar-refractivity contribution < 1.29 is 70.7 Å². The molecule has 16 nitrogen and oxygen atoms in total. The van der Waals surface area contributed by atoms with Crippen molar-refractivity contribution >= 4 is 44.1 Å². The number of carbonyl (C=O) groups is 4. The fourth-order valence-corrected chi connectivity index (χ4v) is 1.95. The summed E-state index contributed by atoms with van der Waals surface area (Å²) < 4.78 is 56.6. The minimum absolute atomic E-state index is 0.0666. The zero-order valence-corrected chi connectivity index (χ0v) is 19.6. The molecule has 1 rings (SSSR count). The lowest BCUT2D eigenvalue weighted by atomic mass is 10.2. The first-order chi connectivity index (χ1) is 15.7. The van der Waals surface area contributed by atoms with E-state index in [1.165, 1.54) is 12.1 Å². The summed E-state index contributed by atoms with van der Waals surface area (Å²) in [6, 6.07) is 4.70. The Morgan fingerprint density at radius 3 is 1.46 bits per heavy atom. The van der Waals surface area contributed by atoms with Gasteiger partial charge < -0.3 is 31.3 Å². The smallest absolute Gasteiger partial charge is 0.328 e. The lowest BCUT2D eigenvalue weighted by Gasteiger charge is -1.99. The monoisotopic (exact) mass is 547 g/mol. The van der Waals surface area contributed by atoms with Crippen LogP contribution >= 0.6 is 0 Å². The maximum atomic E-state index is 10.5. The van der Waals surface area contributed by atoms with Crippen molar-refractivity contribution in [1.82, 2.24) is 0 Å². The summed E-state index contributed by atoms with van der Waals surface area (Å²) in [4.78, 5) is 38.7. The van der Waals surface area contributed by atoms with E-state index in [0.29, 0.717) is 12.2 Å². The highest BCUT2D eigenvalue weighted by Crippen LogP contribution is 2.08. The van der Waals surface area contributed by atoms with Crippen molar-refractivity contribution in [3.8, 4) is 0 Å². The summed E-state index contributed by atoms with van der Waals surface area (Å²) in [5, 5.41) is 39.5. The lowest BCUT2D eigenvalue weighted by molar-refractivity contribution is -0.144. The molecular weight excluding hydrogens is 522 g/mol. The number of aliphatic hydroxyl groups is 1. The van der Waals surface area contributed by atoms with Gasteiger partial charge in [-0.3, -0.25) is 18.7 Å². The average Bonchev–Trinajstić information content (AvgIpc) is 2.66. The second kappa shape index (κ2) is 18.0. The Kier molecular flexibility index (Phi) is 18.6. The Bertz CT molecular complexity index is 1050. The van der Waals surface area contributed by atoms with E-state index >= 15 is 0 Å². The van der Waals surface area contributed by atoms with Gasteiger partial charge in [0.1, 0.15) is 6.04 Å². The molecule has 35 heavy (non-hydrogen) atoms. The van der Waals surface area contributed by atoms with E-state index in [4.69, 9.17) is 40.4 Å². The number of nitrogens with two attached hydrogens (primary N) is 1. The first-order valence-corrected chi connectivity index (χ1v) is 11.7. The Morgan fingerprint density at radius 2 is 1.29 bits per heavy atom. The second-order valence-corrected chi connectivity index (χ2v) is 8.84. The third-order valence-electron chi connectivity index (χ3n) is 2.75. The van der Waals surface area contributed by atoms with Gasteiger partial charge in [0.2, 0.25) is 0 Å². The van der Waals surface area contributed by atoms with Gasteiger partial charge in [0.15, 0.2) is 0 Å². The molecule has 1 atom stereocenters. The van der Waals surface area contributed by atoms with Crippen LogP contribution in [0.3, 0.4) is 0 Å². The van der Waals surface area contributed by atoms with Crippen LogP contribution < -0.4 is 5.73 Å². The van der Waals surface area contributed by atoms with Gasteiger partial charge in [-0.1, -0.05) is 17.7 Å². The summed E-state index contributed by atoms with van der Waals surface area (Å²) in [5.74, 6) is -5.59. The summed E-state index contributed by atoms with van der Waals surface area (Å²) in [6.45, 7) is 1.31. The zero-order valence-electron chi connectivity index (χ0n) is 18.0. The number of rotatable bonds is 8. The maximum Gasteiger partial charge on any atom is 0.328 e. The molecule has 9 N–H and O–H groups in total. The number of carboxylic acid groups (broad SMARTS) is 4. The van der Waals surface area contributed by atoms with E-state index < -0.39 is 68.9 Å². The molecule has 200 valence electrons. The molecule has 0 aliphatic rings. The quantitative estimate of drug-likeness (QED) is 0.138. The predicted octanol–water partition coefficient (Wildman–Crippen LogP) is -1.31. The van der Waals surface area contributed by atoms with Crippen LogP contribution in [-0.4, -0.2) is 93.8 Å². The summed E-state index contributed by atoms with van der Waals surface area (Å²) >= 11 is 0. The van der Waals surface area contributed by atoms with E-state index in [-0.39, 0.29) is 4.90 Å². The predicted molar refractivity (Wildman–Crippen MR) is 117 cm³/mol. The Morgan fingerprint density at radius 1 is 0.886 bits per heavy atom. The van der Waals surface area contributed by atoms with Crippen LogP contribution in [0.5, 0.6) is 0 Å². The van der Waals surface area contributed by atoms with Crippen molar-refractivity contribution in [2.45, 2.75) is 24.3 Å². The van der Waals surface area contributed by atoms with Gasteiger partial charge in [0.05, 0.1) is 23.7 Å². The molecule has 18 heteroatoms. The zero-order chi connectivity index (χ0) is 28.4. The first kappa shape index (κ1) is 36.2. The topological polar surface area (TPSA) is 304 Å². The normalized spacial score (nSPS) is 11.3. The third-order valence-corrected chi connectivity index (χ3v) is 4.31. The minimum Gasteiger partial charge on any atom is -0.481 e. The van der Waals surface area contributed by atoms with Gasteiger partial charge in [-0.2, -0.15) is 16.8 Å². The fraction of sp³-hybridized carbons (Fsp3) is 0.294. The van der Waals surface area contributed by atoms with Gasteiger partial charge in [-0.05, 0) is 19.1 Å². The maximum absolute atomic E-state index is 10.5. The molecule has 0 saturated carbocycles. The Balaban J connectivity index is -0.000000397. The van der Waals surface area contributed by atoms with Crippen LogP contribution in [0.25, 0.3) is 0 Å². The van der Waals surface area contributed by atoms with Crippen molar-refractivity contribution in [1.29, 1.82) is 0 Å². The number of hydrogen-bond acceptors (Lipinski definition) is 10. The van der Waals surface area contributed by atoms with Crippen LogP contribution in [0.15, 0.2) is 41.3 Å². The molecule has 0 aliphatic heterocycles. The number of benzene rings is 1. The molecule has 0 fully saturated rings. The van der Waals surface area contributed by atoms with Crippen LogP contribution in [0.1, 0.15) is 12.0 Å². The number of aryl methyl sites for hydroxylation is 1. The second-order valence-electron chi connectivity index (χ2n) is 5.85. The van der Waals surface area contributed by atoms with Crippen molar-refractivity contribution in [3.63, 3.8) is 0 Å². The average molecular weight is 548 g/mol. The molecule has 0 aliphatic carbocycles. The Labute approximate surface area is 199 Å². The highest BCUT2D eigenvalue weighted by molar-refractivity contribution is 7.86. The standard InChI is InChI=1S/C7H8O3S.C4H7NO4.C4H4O4.C2H6O4S/c1-6-2-4-7(5-3-6)11(8,9)10;5-2(4(8)9)1-3(6)7;5-3(6)1-2-4(7)8;3-1-2-7(4,5)6/h2-5H,1H3,(H,8,9,10);2H,1,5H2,(H,6,7)(H,8,9);1-2H,(H,5,6)(H,7,8);3H,1-2H2,(H,4,5,6)/b;;2-1-;/t;2-;;/m.0../s1. The molecule has 0 saturated heterocycles. The van der Waals surface area contributed by atoms with Crippen molar-refractivity contribution in [2.24, 2.45) is 5.73 Å². The van der Waals surface area contributed by atoms with Gasteiger partial charge in [0.25, 0.3) is 20.2 Å². The SMILES string of the molecule is Cc1ccc(S(=O)(=O)O)cc1.N[C@@H](CC(=O)O)C(=O)O.O=C(O)/C=C\C(=O)O.O=S(=O)(O)CCO. The third kappa shape index (κ3) is 28.5. The molecule has 0 radical (unpaired) electrons. The largest absolute Gasteiger partial charge is 0.481 e. The van der Waals surface area contributed by atoms with E-state index in [2.05, 4.69) is 0 Å².